The van der Waals surface area contributed by atoms with Crippen molar-refractivity contribution in [2.75, 3.05) is 11.9 Å². The van der Waals surface area contributed by atoms with E-state index in [-0.39, 0.29) is 5.25 Å². The van der Waals surface area contributed by atoms with Gasteiger partial charge < -0.3 is 5.32 Å². The van der Waals surface area contributed by atoms with Gasteiger partial charge in [0.25, 0.3) is 0 Å². The molecule has 0 amide bonds. The second-order valence-electron chi connectivity index (χ2n) is 4.41. The van der Waals surface area contributed by atoms with Gasteiger partial charge in [-0.2, -0.15) is 0 Å². The quantitative estimate of drug-likeness (QED) is 0.818. The second-order valence-corrected chi connectivity index (χ2v) is 6.58. The van der Waals surface area contributed by atoms with Crippen molar-refractivity contribution in [3.63, 3.8) is 0 Å². The van der Waals surface area contributed by atoms with Crippen LogP contribution < -0.4 is 5.32 Å². The van der Waals surface area contributed by atoms with Crippen molar-refractivity contribution in [1.29, 1.82) is 0 Å². The zero-order chi connectivity index (χ0) is 11.9. The maximum Gasteiger partial charge on any atom is 0.185 e. The lowest BCUT2D eigenvalue weighted by Crippen LogP contribution is -2.34. The Balaban J connectivity index is 2.68. The molecule has 4 heteroatoms. The fourth-order valence-corrected chi connectivity index (χ4v) is 4.35. The molecule has 2 rings (SSSR count). The molecule has 1 unspecified atom stereocenters. The predicted octanol–water partition coefficient (Wildman–Crippen LogP) is 2.28. The Morgan fingerprint density at radius 1 is 1.38 bits per heavy atom. The van der Waals surface area contributed by atoms with Crippen LogP contribution in [0.25, 0.3) is 0 Å². The van der Waals surface area contributed by atoms with Crippen LogP contribution in [-0.4, -0.2) is 20.2 Å². The first kappa shape index (κ1) is 11.5. The number of fused-ring (bicyclic) bond motifs is 1. The summed E-state index contributed by atoms with van der Waals surface area (Å²) >= 11 is 0. The molecule has 88 valence electrons. The number of hydrogen-bond donors (Lipinski definition) is 1. The third-order valence-electron chi connectivity index (χ3n) is 3.12. The average molecular weight is 239 g/mol. The SMILES string of the molecule is CCC1CNc2cc(C)cc(C)c2S1(=O)=O. The summed E-state index contributed by atoms with van der Waals surface area (Å²) in [6, 6.07) is 3.84. The maximum atomic E-state index is 12.3. The first-order valence-electron chi connectivity index (χ1n) is 5.56. The van der Waals surface area contributed by atoms with Crippen LogP contribution in [0, 0.1) is 13.8 Å². The minimum absolute atomic E-state index is 0.290. The molecule has 1 aliphatic rings. The van der Waals surface area contributed by atoms with Gasteiger partial charge in [-0.15, -0.1) is 0 Å². The Kier molecular flexibility index (Phi) is 2.70. The molecule has 1 aromatic rings. The van der Waals surface area contributed by atoms with Crippen molar-refractivity contribution in [2.45, 2.75) is 37.3 Å². The topological polar surface area (TPSA) is 46.2 Å². The molecule has 0 aromatic heterocycles. The molecule has 1 atom stereocenters. The van der Waals surface area contributed by atoms with E-state index < -0.39 is 9.84 Å². The van der Waals surface area contributed by atoms with Crippen molar-refractivity contribution < 1.29 is 8.42 Å². The van der Waals surface area contributed by atoms with Crippen LogP contribution >= 0.6 is 0 Å². The zero-order valence-corrected chi connectivity index (χ0v) is 10.7. The zero-order valence-electron chi connectivity index (χ0n) is 9.87. The van der Waals surface area contributed by atoms with Crippen LogP contribution in [0.2, 0.25) is 0 Å². The number of sulfone groups is 1. The highest BCUT2D eigenvalue weighted by atomic mass is 32.2. The molecule has 1 aromatic carbocycles. The minimum atomic E-state index is -3.14. The lowest BCUT2D eigenvalue weighted by molar-refractivity contribution is 0.574. The van der Waals surface area contributed by atoms with E-state index in [0.29, 0.717) is 17.9 Å². The van der Waals surface area contributed by atoms with E-state index in [2.05, 4.69) is 5.32 Å². The molecule has 0 aliphatic carbocycles. The minimum Gasteiger partial charge on any atom is -0.383 e. The summed E-state index contributed by atoms with van der Waals surface area (Å²) in [5.74, 6) is 0. The second kappa shape index (κ2) is 3.77. The first-order chi connectivity index (χ1) is 7.46. The molecular weight excluding hydrogens is 222 g/mol. The Morgan fingerprint density at radius 3 is 2.69 bits per heavy atom. The molecule has 0 radical (unpaired) electrons. The molecule has 16 heavy (non-hydrogen) atoms. The normalized spacial score (nSPS) is 22.3. The summed E-state index contributed by atoms with van der Waals surface area (Å²) in [4.78, 5) is 0.496. The molecule has 1 aliphatic heterocycles. The number of aryl methyl sites for hydroxylation is 2. The molecule has 3 nitrogen and oxygen atoms in total. The Morgan fingerprint density at radius 2 is 2.06 bits per heavy atom. The molecule has 0 bridgehead atoms. The molecule has 0 saturated carbocycles. The van der Waals surface area contributed by atoms with E-state index in [1.54, 1.807) is 0 Å². The van der Waals surface area contributed by atoms with E-state index in [0.717, 1.165) is 16.8 Å². The van der Waals surface area contributed by atoms with Gasteiger partial charge in [0.15, 0.2) is 9.84 Å². The van der Waals surface area contributed by atoms with Crippen molar-refractivity contribution in [3.8, 4) is 0 Å². The standard InChI is InChI=1S/C12H17NO2S/c1-4-10-7-13-11-6-8(2)5-9(3)12(11)16(10,14)15/h5-6,10,13H,4,7H2,1-3H3. The Bertz CT molecular complexity index is 520. The molecule has 0 fully saturated rings. The summed E-state index contributed by atoms with van der Waals surface area (Å²) in [5, 5.41) is 2.93. The van der Waals surface area contributed by atoms with Gasteiger partial charge in [-0.3, -0.25) is 0 Å². The largest absolute Gasteiger partial charge is 0.383 e. The van der Waals surface area contributed by atoms with Crippen LogP contribution in [0.3, 0.4) is 0 Å². The third-order valence-corrected chi connectivity index (χ3v) is 5.61. The molecular formula is C12H17NO2S. The van der Waals surface area contributed by atoms with Gasteiger partial charge >= 0.3 is 0 Å². The van der Waals surface area contributed by atoms with Gasteiger partial charge in [0.05, 0.1) is 15.8 Å². The molecule has 1 N–H and O–H groups in total. The maximum absolute atomic E-state index is 12.3. The van der Waals surface area contributed by atoms with E-state index in [4.69, 9.17) is 0 Å². The van der Waals surface area contributed by atoms with E-state index in [1.165, 1.54) is 0 Å². The van der Waals surface area contributed by atoms with Gasteiger partial charge in [0, 0.05) is 6.54 Å². The van der Waals surface area contributed by atoms with Gasteiger partial charge in [0.1, 0.15) is 0 Å². The summed E-state index contributed by atoms with van der Waals surface area (Å²) in [7, 11) is -3.14. The molecule has 1 heterocycles. The molecule has 0 saturated heterocycles. The monoisotopic (exact) mass is 239 g/mol. The smallest absolute Gasteiger partial charge is 0.185 e. The van der Waals surface area contributed by atoms with Crippen LogP contribution in [0.15, 0.2) is 17.0 Å². The van der Waals surface area contributed by atoms with Crippen molar-refractivity contribution >= 4 is 15.5 Å². The number of anilines is 1. The summed E-state index contributed by atoms with van der Waals surface area (Å²) in [6.45, 7) is 6.28. The van der Waals surface area contributed by atoms with Crippen LogP contribution in [-0.2, 0) is 9.84 Å². The number of benzene rings is 1. The van der Waals surface area contributed by atoms with Gasteiger partial charge in [0.2, 0.25) is 0 Å². The van der Waals surface area contributed by atoms with E-state index in [9.17, 15) is 8.42 Å². The summed E-state index contributed by atoms with van der Waals surface area (Å²) in [6.07, 6.45) is 0.655. The first-order valence-corrected chi connectivity index (χ1v) is 7.10. The van der Waals surface area contributed by atoms with Crippen LogP contribution in [0.5, 0.6) is 0 Å². The molecule has 0 spiro atoms. The summed E-state index contributed by atoms with van der Waals surface area (Å²) < 4.78 is 24.7. The fraction of sp³-hybridized carbons (Fsp3) is 0.500. The predicted molar refractivity (Wildman–Crippen MR) is 65.7 cm³/mol. The van der Waals surface area contributed by atoms with Crippen molar-refractivity contribution in [3.05, 3.63) is 23.3 Å². The lowest BCUT2D eigenvalue weighted by atomic mass is 10.1. The summed E-state index contributed by atoms with van der Waals surface area (Å²) in [5.41, 5.74) is 2.71. The van der Waals surface area contributed by atoms with Gasteiger partial charge in [-0.25, -0.2) is 8.42 Å². The number of rotatable bonds is 1. The van der Waals surface area contributed by atoms with Gasteiger partial charge in [-0.1, -0.05) is 13.0 Å². The highest BCUT2D eigenvalue weighted by molar-refractivity contribution is 7.92. The van der Waals surface area contributed by atoms with E-state index in [1.807, 2.05) is 32.9 Å². The van der Waals surface area contributed by atoms with Gasteiger partial charge in [-0.05, 0) is 37.5 Å². The number of nitrogens with one attached hydrogen (secondary N) is 1. The average Bonchev–Trinajstić information content (AvgIpc) is 2.15. The van der Waals surface area contributed by atoms with Crippen LogP contribution in [0.1, 0.15) is 24.5 Å². The van der Waals surface area contributed by atoms with Crippen molar-refractivity contribution in [2.24, 2.45) is 0 Å². The Labute approximate surface area is 96.8 Å². The highest BCUT2D eigenvalue weighted by Gasteiger charge is 2.33. The van der Waals surface area contributed by atoms with Crippen LogP contribution in [0.4, 0.5) is 5.69 Å². The van der Waals surface area contributed by atoms with Crippen molar-refractivity contribution in [1.82, 2.24) is 0 Å². The third kappa shape index (κ3) is 1.61. The highest BCUT2D eigenvalue weighted by Crippen LogP contribution is 2.34. The fourth-order valence-electron chi connectivity index (χ4n) is 2.33. The Hall–Kier alpha value is -1.03. The lowest BCUT2D eigenvalue weighted by Gasteiger charge is -2.27. The van der Waals surface area contributed by atoms with E-state index >= 15 is 0 Å². The number of hydrogen-bond acceptors (Lipinski definition) is 3.